The van der Waals surface area contributed by atoms with Crippen LogP contribution in [0.15, 0.2) is 42.3 Å². The van der Waals surface area contributed by atoms with E-state index in [4.69, 9.17) is 28.9 Å². The first-order chi connectivity index (χ1) is 23.3. The third-order valence-electron chi connectivity index (χ3n) is 9.75. The van der Waals surface area contributed by atoms with Crippen LogP contribution < -0.4 is 20.1 Å². The van der Waals surface area contributed by atoms with Crippen LogP contribution in [0.5, 0.6) is 11.5 Å². The Morgan fingerprint density at radius 1 is 1.18 bits per heavy atom. The summed E-state index contributed by atoms with van der Waals surface area (Å²) in [5.41, 5.74) is -0.282. The number of nitrogens with one attached hydrogen (secondary N) is 2. The summed E-state index contributed by atoms with van der Waals surface area (Å²) in [6.07, 6.45) is 3.92. The van der Waals surface area contributed by atoms with Crippen molar-refractivity contribution >= 4 is 45.7 Å². The van der Waals surface area contributed by atoms with Crippen molar-refractivity contribution < 1.29 is 33.3 Å². The number of aromatic nitrogens is 2. The van der Waals surface area contributed by atoms with Crippen LogP contribution in [0.25, 0.3) is 22.3 Å². The number of carbonyl (C=O) groups is 3. The number of rotatable bonds is 16. The Bertz CT molecular complexity index is 1710. The number of anilines is 1. The largest absolute Gasteiger partial charge is 0.497 e. The lowest BCUT2D eigenvalue weighted by atomic mass is 9.73. The molecule has 2 aliphatic carbocycles. The number of hydrogen-bond acceptors (Lipinski definition) is 11. The molecule has 0 spiro atoms. The molecule has 5 atom stereocenters. The summed E-state index contributed by atoms with van der Waals surface area (Å²) < 4.78 is 23.1. The van der Waals surface area contributed by atoms with Gasteiger partial charge in [-0.25, -0.2) is 14.8 Å². The summed E-state index contributed by atoms with van der Waals surface area (Å²) >= 11 is 1.51. The Morgan fingerprint density at radius 3 is 2.61 bits per heavy atom. The summed E-state index contributed by atoms with van der Waals surface area (Å²) in [5, 5.41) is 10.0. The van der Waals surface area contributed by atoms with Crippen molar-refractivity contribution in [1.29, 1.82) is 0 Å². The number of benzene rings is 1. The van der Waals surface area contributed by atoms with Crippen LogP contribution in [0.3, 0.4) is 0 Å². The lowest BCUT2D eigenvalue weighted by Crippen LogP contribution is -2.50. The standard InChI is InChI=1S/C37H48N4O7S/c1-9-23-18-37(23,33(44)46-10-2)41-32(43)27-15-25(19-36(27,7)14-13-35(5,6)47-21-42)48-31-17-29(30-20-49-34(40-30)38-22(3)4)39-28-16-24(45-8)11-12-26(28)31/h9,11-12,16-17,20-23,25,27H,1,10,13-15,18-19H2,2-8H3,(H,38,40)(H,41,43)/t23-,25-,27+,36+,37-/m1/s1. The zero-order valence-corrected chi connectivity index (χ0v) is 30.3. The van der Waals surface area contributed by atoms with E-state index in [1.165, 1.54) is 11.3 Å². The number of thiazole rings is 1. The molecule has 0 bridgehead atoms. The topological polar surface area (TPSA) is 138 Å². The molecule has 2 aromatic heterocycles. The predicted octanol–water partition coefficient (Wildman–Crippen LogP) is 6.71. The van der Waals surface area contributed by atoms with Crippen LogP contribution >= 0.6 is 11.3 Å². The Hall–Kier alpha value is -4.19. The van der Waals surface area contributed by atoms with Gasteiger partial charge in [0, 0.05) is 40.8 Å². The van der Waals surface area contributed by atoms with Gasteiger partial charge in [-0.1, -0.05) is 13.0 Å². The van der Waals surface area contributed by atoms with Crippen LogP contribution in [0.1, 0.15) is 73.6 Å². The first kappa shape index (κ1) is 36.1. The smallest absolute Gasteiger partial charge is 0.332 e. The molecule has 49 heavy (non-hydrogen) atoms. The van der Waals surface area contributed by atoms with Crippen LogP contribution in [0.4, 0.5) is 5.13 Å². The zero-order chi connectivity index (χ0) is 35.6. The van der Waals surface area contributed by atoms with Gasteiger partial charge in [0.2, 0.25) is 5.91 Å². The minimum Gasteiger partial charge on any atom is -0.497 e. The Balaban J connectivity index is 1.47. The predicted molar refractivity (Wildman–Crippen MR) is 190 cm³/mol. The normalized spacial score (nSPS) is 24.7. The molecule has 0 radical (unpaired) electrons. The van der Waals surface area contributed by atoms with Crippen molar-refractivity contribution in [2.24, 2.45) is 17.3 Å². The Labute approximate surface area is 292 Å². The molecule has 0 aliphatic heterocycles. The van der Waals surface area contributed by atoms with Crippen LogP contribution in [0, 0.1) is 17.3 Å². The van der Waals surface area contributed by atoms with Gasteiger partial charge in [0.1, 0.15) is 34.4 Å². The monoisotopic (exact) mass is 692 g/mol. The number of esters is 1. The molecule has 1 amide bonds. The average molecular weight is 693 g/mol. The van der Waals surface area contributed by atoms with Gasteiger partial charge < -0.3 is 29.6 Å². The lowest BCUT2D eigenvalue weighted by molar-refractivity contribution is -0.150. The van der Waals surface area contributed by atoms with Gasteiger partial charge in [0.15, 0.2) is 5.13 Å². The summed E-state index contributed by atoms with van der Waals surface area (Å²) in [7, 11) is 1.61. The van der Waals surface area contributed by atoms with E-state index in [1.807, 2.05) is 43.5 Å². The van der Waals surface area contributed by atoms with Crippen LogP contribution in [-0.2, 0) is 23.9 Å². The van der Waals surface area contributed by atoms with Crippen molar-refractivity contribution in [2.75, 3.05) is 19.0 Å². The number of amides is 1. The van der Waals surface area contributed by atoms with Gasteiger partial charge in [-0.3, -0.25) is 9.59 Å². The molecule has 2 aliphatic rings. The summed E-state index contributed by atoms with van der Waals surface area (Å²) in [4.78, 5) is 48.1. The molecular weight excluding hydrogens is 644 g/mol. The number of ether oxygens (including phenoxy) is 4. The number of hydrogen-bond donors (Lipinski definition) is 2. The second-order valence-electron chi connectivity index (χ2n) is 14.3. The maximum Gasteiger partial charge on any atom is 0.332 e. The van der Waals surface area contributed by atoms with E-state index >= 15 is 0 Å². The Morgan fingerprint density at radius 2 is 1.96 bits per heavy atom. The first-order valence-corrected chi connectivity index (χ1v) is 17.8. The van der Waals surface area contributed by atoms with Gasteiger partial charge in [0.25, 0.3) is 6.47 Å². The maximum absolute atomic E-state index is 14.2. The second kappa shape index (κ2) is 14.3. The number of fused-ring (bicyclic) bond motifs is 1. The van der Waals surface area contributed by atoms with E-state index in [0.717, 1.165) is 16.2 Å². The third-order valence-corrected chi connectivity index (χ3v) is 10.5. The van der Waals surface area contributed by atoms with E-state index in [9.17, 15) is 14.4 Å². The quantitative estimate of drug-likeness (QED) is 0.0947. The van der Waals surface area contributed by atoms with E-state index in [1.54, 1.807) is 20.1 Å². The molecule has 1 aromatic carbocycles. The van der Waals surface area contributed by atoms with Gasteiger partial charge in [0.05, 0.1) is 24.9 Å². The van der Waals surface area contributed by atoms with E-state index < -0.39 is 28.4 Å². The molecule has 2 fully saturated rings. The Kier molecular flexibility index (Phi) is 10.6. The van der Waals surface area contributed by atoms with Crippen molar-refractivity contribution in [3.8, 4) is 22.9 Å². The van der Waals surface area contributed by atoms with Crippen LogP contribution in [-0.4, -0.2) is 65.3 Å². The molecule has 12 heteroatoms. The highest BCUT2D eigenvalue weighted by molar-refractivity contribution is 7.14. The van der Waals surface area contributed by atoms with Gasteiger partial charge in [-0.05, 0) is 84.3 Å². The molecule has 0 unspecified atom stereocenters. The fourth-order valence-electron chi connectivity index (χ4n) is 6.84. The number of methoxy groups -OCH3 is 1. The molecule has 0 saturated heterocycles. The highest BCUT2D eigenvalue weighted by Gasteiger charge is 2.62. The maximum atomic E-state index is 14.2. The molecule has 11 nitrogen and oxygen atoms in total. The highest BCUT2D eigenvalue weighted by atomic mass is 32.1. The molecule has 264 valence electrons. The van der Waals surface area contributed by atoms with E-state index in [-0.39, 0.29) is 30.6 Å². The van der Waals surface area contributed by atoms with Crippen LogP contribution in [0.2, 0.25) is 0 Å². The van der Waals surface area contributed by atoms with E-state index in [0.29, 0.717) is 61.3 Å². The number of nitrogens with zero attached hydrogens (tertiary/aromatic N) is 2. The second-order valence-corrected chi connectivity index (χ2v) is 15.2. The molecule has 3 aromatic rings. The molecule has 2 N–H and O–H groups in total. The van der Waals surface area contributed by atoms with Crippen molar-refractivity contribution in [3.05, 3.63) is 42.3 Å². The third kappa shape index (κ3) is 7.84. The first-order valence-electron chi connectivity index (χ1n) is 16.9. The molecule has 2 heterocycles. The molecular formula is C37H48N4O7S. The van der Waals surface area contributed by atoms with Gasteiger partial charge in [-0.2, -0.15) is 0 Å². The average Bonchev–Trinajstić information content (AvgIpc) is 3.38. The summed E-state index contributed by atoms with van der Waals surface area (Å²) in [6, 6.07) is 7.81. The molecule has 2 saturated carbocycles. The SMILES string of the molecule is C=C[C@@H]1C[C@]1(NC(=O)[C@@H]1C[C@@H](Oc2cc(-c3csc(NC(C)C)n3)nc3cc(OC)ccc23)C[C@]1(C)CCC(C)(C)OC=O)C(=O)OCC. The van der Waals surface area contributed by atoms with Crippen molar-refractivity contribution in [1.82, 2.24) is 15.3 Å². The van der Waals surface area contributed by atoms with Gasteiger partial charge in [-0.15, -0.1) is 17.9 Å². The fraction of sp³-hybridized carbons (Fsp3) is 0.541. The zero-order valence-electron chi connectivity index (χ0n) is 29.5. The number of pyridine rings is 1. The van der Waals surface area contributed by atoms with Crippen molar-refractivity contribution in [2.45, 2.75) is 96.9 Å². The minimum atomic E-state index is -1.11. The van der Waals surface area contributed by atoms with E-state index in [2.05, 4.69) is 38.0 Å². The lowest BCUT2D eigenvalue weighted by Gasteiger charge is -2.34. The fourth-order valence-corrected chi connectivity index (χ4v) is 7.69. The number of carbonyl (C=O) groups excluding carboxylic acids is 3. The highest BCUT2D eigenvalue weighted by Crippen LogP contribution is 2.51. The summed E-state index contributed by atoms with van der Waals surface area (Å²) in [6.45, 7) is 16.2. The molecule has 5 rings (SSSR count). The minimum absolute atomic E-state index is 0.198. The van der Waals surface area contributed by atoms with Gasteiger partial charge >= 0.3 is 5.97 Å². The van der Waals surface area contributed by atoms with Crippen molar-refractivity contribution in [3.63, 3.8) is 0 Å². The summed E-state index contributed by atoms with van der Waals surface area (Å²) in [5.74, 6) is -0.0567.